The molecule has 0 saturated carbocycles. The SMILES string of the molecule is N=C1c2ccsc2NCN1c1ccc(NC(=O)[C@H](N)c2ccccc2)cc1. The second-order valence-electron chi connectivity index (χ2n) is 6.20. The Morgan fingerprint density at radius 1 is 1.15 bits per heavy atom. The maximum atomic E-state index is 12.4. The normalized spacial score (nSPS) is 14.3. The molecule has 1 amide bonds. The molecule has 0 aliphatic carbocycles. The molecule has 2 aromatic carbocycles. The second kappa shape index (κ2) is 7.22. The van der Waals surface area contributed by atoms with Crippen molar-refractivity contribution in [2.24, 2.45) is 5.73 Å². The highest BCUT2D eigenvalue weighted by Gasteiger charge is 2.23. The third kappa shape index (κ3) is 3.42. The third-order valence-electron chi connectivity index (χ3n) is 4.48. The molecule has 27 heavy (non-hydrogen) atoms. The van der Waals surface area contributed by atoms with Gasteiger partial charge in [-0.1, -0.05) is 30.3 Å². The van der Waals surface area contributed by atoms with Crippen molar-refractivity contribution in [1.82, 2.24) is 0 Å². The summed E-state index contributed by atoms with van der Waals surface area (Å²) in [6, 6.07) is 17.9. The van der Waals surface area contributed by atoms with Crippen molar-refractivity contribution >= 4 is 39.5 Å². The maximum absolute atomic E-state index is 12.4. The standard InChI is InChI=1S/C20H19N5OS/c21-17(13-4-2-1-3-5-13)19(26)24-14-6-8-15(9-7-14)25-12-23-20-16(18(25)22)10-11-27-20/h1-11,17,22-23H,12,21H2,(H,24,26)/t17-/m1/s1. The van der Waals surface area contributed by atoms with Crippen LogP contribution < -0.4 is 21.3 Å². The summed E-state index contributed by atoms with van der Waals surface area (Å²) < 4.78 is 0. The number of carbonyl (C=O) groups is 1. The summed E-state index contributed by atoms with van der Waals surface area (Å²) >= 11 is 1.60. The van der Waals surface area contributed by atoms with Crippen molar-refractivity contribution in [3.63, 3.8) is 0 Å². The van der Waals surface area contributed by atoms with Gasteiger partial charge in [0.15, 0.2) is 0 Å². The van der Waals surface area contributed by atoms with Crippen LogP contribution in [-0.2, 0) is 4.79 Å². The van der Waals surface area contributed by atoms with Crippen LogP contribution in [0, 0.1) is 5.41 Å². The Balaban J connectivity index is 1.45. The molecule has 1 aliphatic rings. The first-order valence-electron chi connectivity index (χ1n) is 8.53. The minimum absolute atomic E-state index is 0.260. The fraction of sp³-hybridized carbons (Fsp3) is 0.100. The molecular formula is C20H19N5OS. The van der Waals surface area contributed by atoms with Crippen LogP contribution in [0.25, 0.3) is 0 Å². The lowest BCUT2D eigenvalue weighted by Crippen LogP contribution is -2.39. The molecule has 7 heteroatoms. The summed E-state index contributed by atoms with van der Waals surface area (Å²) in [5, 5.41) is 17.6. The first-order chi connectivity index (χ1) is 13.1. The maximum Gasteiger partial charge on any atom is 0.245 e. The van der Waals surface area contributed by atoms with Crippen molar-refractivity contribution in [3.05, 3.63) is 77.2 Å². The Kier molecular flexibility index (Phi) is 4.62. The minimum atomic E-state index is -0.720. The van der Waals surface area contributed by atoms with E-state index in [4.69, 9.17) is 11.1 Å². The number of thiophene rings is 1. The average molecular weight is 377 g/mol. The number of nitrogens with two attached hydrogens (primary N) is 1. The number of fused-ring (bicyclic) bond motifs is 1. The molecule has 1 atom stereocenters. The van der Waals surface area contributed by atoms with Gasteiger partial charge in [0.25, 0.3) is 0 Å². The summed E-state index contributed by atoms with van der Waals surface area (Å²) in [7, 11) is 0. The van der Waals surface area contributed by atoms with Gasteiger partial charge in [0.05, 0.1) is 12.2 Å². The van der Waals surface area contributed by atoms with Crippen molar-refractivity contribution in [2.75, 3.05) is 22.2 Å². The van der Waals surface area contributed by atoms with E-state index < -0.39 is 6.04 Å². The number of carbonyl (C=O) groups excluding carboxylic acids is 1. The zero-order valence-electron chi connectivity index (χ0n) is 14.5. The monoisotopic (exact) mass is 377 g/mol. The molecule has 0 saturated heterocycles. The number of amidine groups is 1. The molecule has 0 bridgehead atoms. The van der Waals surface area contributed by atoms with Gasteiger partial charge in [0, 0.05) is 11.4 Å². The molecule has 0 unspecified atom stereocenters. The Morgan fingerprint density at radius 2 is 1.89 bits per heavy atom. The van der Waals surface area contributed by atoms with Gasteiger partial charge < -0.3 is 21.3 Å². The van der Waals surface area contributed by atoms with E-state index in [-0.39, 0.29) is 5.91 Å². The fourth-order valence-electron chi connectivity index (χ4n) is 2.98. The Hall–Kier alpha value is -3.16. The number of amides is 1. The quantitative estimate of drug-likeness (QED) is 0.559. The Morgan fingerprint density at radius 3 is 2.63 bits per heavy atom. The molecular weight excluding hydrogens is 358 g/mol. The third-order valence-corrected chi connectivity index (χ3v) is 5.35. The topological polar surface area (TPSA) is 94.2 Å². The Bertz CT molecular complexity index is 968. The highest BCUT2D eigenvalue weighted by atomic mass is 32.1. The lowest BCUT2D eigenvalue weighted by molar-refractivity contribution is -0.117. The summed E-state index contributed by atoms with van der Waals surface area (Å²) in [4.78, 5) is 14.3. The molecule has 0 radical (unpaired) electrons. The predicted octanol–water partition coefficient (Wildman–Crippen LogP) is 3.60. The van der Waals surface area contributed by atoms with Crippen LogP contribution in [0.2, 0.25) is 0 Å². The van der Waals surface area contributed by atoms with E-state index in [1.54, 1.807) is 11.3 Å². The van der Waals surface area contributed by atoms with Gasteiger partial charge in [-0.15, -0.1) is 11.3 Å². The number of nitrogens with zero attached hydrogens (tertiary/aromatic N) is 1. The van der Waals surface area contributed by atoms with Crippen LogP contribution in [0.5, 0.6) is 0 Å². The molecule has 3 aromatic rings. The van der Waals surface area contributed by atoms with Crippen molar-refractivity contribution in [3.8, 4) is 0 Å². The number of rotatable bonds is 4. The van der Waals surface area contributed by atoms with Crippen LogP contribution in [0.1, 0.15) is 17.2 Å². The number of hydrogen-bond acceptors (Lipinski definition) is 5. The van der Waals surface area contributed by atoms with Gasteiger partial charge in [-0.25, -0.2) is 0 Å². The van der Waals surface area contributed by atoms with Gasteiger partial charge in [-0.2, -0.15) is 0 Å². The zero-order chi connectivity index (χ0) is 18.8. The summed E-state index contributed by atoms with van der Waals surface area (Å²) in [6.07, 6.45) is 0. The van der Waals surface area contributed by atoms with Crippen LogP contribution >= 0.6 is 11.3 Å². The van der Waals surface area contributed by atoms with Crippen LogP contribution in [-0.4, -0.2) is 18.4 Å². The number of nitrogens with one attached hydrogen (secondary N) is 3. The Labute approximate surface area is 161 Å². The second-order valence-corrected chi connectivity index (χ2v) is 7.12. The van der Waals surface area contributed by atoms with E-state index in [0.29, 0.717) is 18.2 Å². The molecule has 6 nitrogen and oxygen atoms in total. The summed E-state index contributed by atoms with van der Waals surface area (Å²) in [6.45, 7) is 0.539. The molecule has 4 rings (SSSR count). The summed E-state index contributed by atoms with van der Waals surface area (Å²) in [5.41, 5.74) is 9.25. The van der Waals surface area contributed by atoms with E-state index in [1.165, 1.54) is 0 Å². The highest BCUT2D eigenvalue weighted by Crippen LogP contribution is 2.31. The van der Waals surface area contributed by atoms with Gasteiger partial charge in [0.1, 0.15) is 16.9 Å². The average Bonchev–Trinajstić information content (AvgIpc) is 3.19. The minimum Gasteiger partial charge on any atom is -0.359 e. The molecule has 1 aliphatic heterocycles. The van der Waals surface area contributed by atoms with Crippen molar-refractivity contribution in [2.45, 2.75) is 6.04 Å². The first kappa shape index (κ1) is 17.3. The number of anilines is 3. The molecule has 1 aromatic heterocycles. The number of hydrogen-bond donors (Lipinski definition) is 4. The summed E-state index contributed by atoms with van der Waals surface area (Å²) in [5.74, 6) is 0.206. The van der Waals surface area contributed by atoms with Crippen molar-refractivity contribution in [1.29, 1.82) is 5.41 Å². The number of benzene rings is 2. The van der Waals surface area contributed by atoms with E-state index in [1.807, 2.05) is 70.9 Å². The smallest absolute Gasteiger partial charge is 0.245 e. The van der Waals surface area contributed by atoms with Crippen LogP contribution in [0.4, 0.5) is 16.4 Å². The molecule has 0 spiro atoms. The van der Waals surface area contributed by atoms with E-state index >= 15 is 0 Å². The lowest BCUT2D eigenvalue weighted by atomic mass is 10.1. The molecule has 5 N–H and O–H groups in total. The van der Waals surface area contributed by atoms with E-state index in [2.05, 4.69) is 10.6 Å². The highest BCUT2D eigenvalue weighted by molar-refractivity contribution is 7.14. The first-order valence-corrected chi connectivity index (χ1v) is 9.41. The zero-order valence-corrected chi connectivity index (χ0v) is 15.3. The molecule has 0 fully saturated rings. The van der Waals surface area contributed by atoms with Crippen LogP contribution in [0.15, 0.2) is 66.0 Å². The molecule has 2 heterocycles. The van der Waals surface area contributed by atoms with Crippen LogP contribution in [0.3, 0.4) is 0 Å². The van der Waals surface area contributed by atoms with E-state index in [0.717, 1.165) is 21.8 Å². The lowest BCUT2D eigenvalue weighted by Gasteiger charge is -2.30. The van der Waals surface area contributed by atoms with Crippen molar-refractivity contribution < 1.29 is 4.79 Å². The van der Waals surface area contributed by atoms with Gasteiger partial charge in [-0.05, 0) is 41.3 Å². The predicted molar refractivity (Wildman–Crippen MR) is 111 cm³/mol. The fourth-order valence-corrected chi connectivity index (χ4v) is 3.76. The molecule has 136 valence electrons. The van der Waals surface area contributed by atoms with Gasteiger partial charge >= 0.3 is 0 Å². The van der Waals surface area contributed by atoms with Gasteiger partial charge in [0.2, 0.25) is 5.91 Å². The van der Waals surface area contributed by atoms with Gasteiger partial charge in [-0.3, -0.25) is 10.2 Å². The van der Waals surface area contributed by atoms with E-state index in [9.17, 15) is 4.79 Å². The largest absolute Gasteiger partial charge is 0.359 e.